The highest BCUT2D eigenvalue weighted by molar-refractivity contribution is 6.31. The standard InChI is InChI=1S/C32H26Cl3N3O4/c1-17(39)36-22-7-9-23(10-8-22)42-28-12-6-20(34)14-24(28)30-32(25-11-5-21(35)15-27(25)37-31(32)41)26(16-29(40)38-30)18-3-2-4-19(33)13-18/h2-12,14-15,18,26,30H,13,16H2,1H3,(H,36,39)(H,37,41)(H,38,40)/t18?,26-,30+,32-/m0/s1. The minimum absolute atomic E-state index is 0.118. The molecule has 6 rings (SSSR count). The van der Waals surface area contributed by atoms with Gasteiger partial charge in [0.25, 0.3) is 0 Å². The average molecular weight is 623 g/mol. The van der Waals surface area contributed by atoms with Gasteiger partial charge in [-0.1, -0.05) is 53.0 Å². The van der Waals surface area contributed by atoms with E-state index in [-0.39, 0.29) is 30.1 Å². The molecule has 2 heterocycles. The normalized spacial score (nSPS) is 24.5. The fourth-order valence-corrected chi connectivity index (χ4v) is 7.02. The van der Waals surface area contributed by atoms with Crippen LogP contribution in [0.15, 0.2) is 83.9 Å². The molecule has 0 aromatic heterocycles. The third-order valence-electron chi connectivity index (χ3n) is 8.07. The van der Waals surface area contributed by atoms with E-state index in [0.29, 0.717) is 49.9 Å². The lowest BCUT2D eigenvalue weighted by Crippen LogP contribution is -2.59. The summed E-state index contributed by atoms with van der Waals surface area (Å²) < 4.78 is 6.34. The molecule has 0 bridgehead atoms. The van der Waals surface area contributed by atoms with Gasteiger partial charge in [0.2, 0.25) is 17.7 Å². The largest absolute Gasteiger partial charge is 0.457 e. The zero-order chi connectivity index (χ0) is 29.6. The molecule has 0 saturated carbocycles. The molecule has 1 aliphatic carbocycles. The number of piperidine rings is 1. The first kappa shape index (κ1) is 28.3. The zero-order valence-corrected chi connectivity index (χ0v) is 24.7. The summed E-state index contributed by atoms with van der Waals surface area (Å²) in [6, 6.07) is 16.5. The highest BCUT2D eigenvalue weighted by atomic mass is 35.5. The molecule has 7 nitrogen and oxygen atoms in total. The SMILES string of the molecule is CC(=O)Nc1ccc(Oc2ccc(Cl)cc2[C@H]2NC(=O)C[C@@H](C3C=CC=C(Cl)C3)[C@]23C(=O)Nc2cc(Cl)ccc23)cc1. The van der Waals surface area contributed by atoms with Crippen LogP contribution >= 0.6 is 34.8 Å². The Morgan fingerprint density at radius 3 is 2.45 bits per heavy atom. The number of nitrogens with one attached hydrogen (secondary N) is 3. The van der Waals surface area contributed by atoms with Crippen molar-refractivity contribution in [3.05, 3.63) is 105 Å². The van der Waals surface area contributed by atoms with Crippen molar-refractivity contribution in [1.82, 2.24) is 5.32 Å². The first-order chi connectivity index (χ1) is 20.1. The van der Waals surface area contributed by atoms with Crippen LogP contribution in [0.2, 0.25) is 10.0 Å². The minimum Gasteiger partial charge on any atom is -0.457 e. The number of allylic oxidation sites excluding steroid dienone is 4. The van der Waals surface area contributed by atoms with Crippen molar-refractivity contribution >= 4 is 63.9 Å². The van der Waals surface area contributed by atoms with Crippen molar-refractivity contribution in [2.45, 2.75) is 31.2 Å². The second kappa shape index (κ2) is 11.1. The van der Waals surface area contributed by atoms with Crippen LogP contribution in [-0.2, 0) is 19.8 Å². The quantitative estimate of drug-likeness (QED) is 0.274. The maximum Gasteiger partial charge on any atom is 0.237 e. The average Bonchev–Trinajstić information content (AvgIpc) is 3.22. The first-order valence-electron chi connectivity index (χ1n) is 13.4. The number of rotatable bonds is 5. The summed E-state index contributed by atoms with van der Waals surface area (Å²) in [6.07, 6.45) is 6.33. The molecule has 3 aromatic carbocycles. The summed E-state index contributed by atoms with van der Waals surface area (Å²) in [5, 5.41) is 10.5. The predicted molar refractivity (Wildman–Crippen MR) is 164 cm³/mol. The van der Waals surface area contributed by atoms with Gasteiger partial charge in [0.15, 0.2) is 0 Å². The van der Waals surface area contributed by atoms with Gasteiger partial charge in [0.05, 0.1) is 6.04 Å². The van der Waals surface area contributed by atoms with Gasteiger partial charge in [-0.25, -0.2) is 0 Å². The van der Waals surface area contributed by atoms with E-state index in [2.05, 4.69) is 16.0 Å². The number of amides is 3. The first-order valence-corrected chi connectivity index (χ1v) is 14.6. The lowest BCUT2D eigenvalue weighted by atomic mass is 9.57. The Morgan fingerprint density at radius 2 is 1.71 bits per heavy atom. The van der Waals surface area contributed by atoms with E-state index in [4.69, 9.17) is 39.5 Å². The molecule has 1 saturated heterocycles. The van der Waals surface area contributed by atoms with Crippen LogP contribution in [0.3, 0.4) is 0 Å². The van der Waals surface area contributed by atoms with E-state index in [1.807, 2.05) is 24.3 Å². The molecular formula is C32H26Cl3N3O4. The van der Waals surface area contributed by atoms with E-state index in [0.717, 1.165) is 5.56 Å². The Hall–Kier alpha value is -3.78. The van der Waals surface area contributed by atoms with E-state index in [9.17, 15) is 14.4 Å². The monoisotopic (exact) mass is 621 g/mol. The Labute approximate surface area is 257 Å². The topological polar surface area (TPSA) is 96.5 Å². The Kier molecular flexibility index (Phi) is 7.51. The molecule has 42 heavy (non-hydrogen) atoms. The van der Waals surface area contributed by atoms with Crippen molar-refractivity contribution in [3.8, 4) is 11.5 Å². The van der Waals surface area contributed by atoms with Gasteiger partial charge >= 0.3 is 0 Å². The van der Waals surface area contributed by atoms with E-state index < -0.39 is 17.4 Å². The van der Waals surface area contributed by atoms with Crippen LogP contribution in [-0.4, -0.2) is 17.7 Å². The summed E-state index contributed by atoms with van der Waals surface area (Å²) in [5.74, 6) is -0.346. The van der Waals surface area contributed by atoms with Crippen LogP contribution in [0.1, 0.15) is 36.9 Å². The number of carbonyl (C=O) groups is 3. The molecule has 3 N–H and O–H groups in total. The highest BCUT2D eigenvalue weighted by Gasteiger charge is 2.62. The maximum atomic E-state index is 14.3. The van der Waals surface area contributed by atoms with Gasteiger partial charge in [-0.3, -0.25) is 14.4 Å². The summed E-state index contributed by atoms with van der Waals surface area (Å²) in [6.45, 7) is 1.44. The highest BCUT2D eigenvalue weighted by Crippen LogP contribution is 2.58. The Morgan fingerprint density at radius 1 is 0.976 bits per heavy atom. The Bertz CT molecular complexity index is 1670. The molecule has 10 heteroatoms. The van der Waals surface area contributed by atoms with Gasteiger partial charge in [-0.05, 0) is 84.5 Å². The minimum atomic E-state index is -1.23. The second-order valence-electron chi connectivity index (χ2n) is 10.7. The third-order valence-corrected chi connectivity index (χ3v) is 8.82. The summed E-state index contributed by atoms with van der Waals surface area (Å²) in [5.41, 5.74) is 1.27. The van der Waals surface area contributed by atoms with Crippen LogP contribution in [0, 0.1) is 11.8 Å². The van der Waals surface area contributed by atoms with Gasteiger partial charge in [0.1, 0.15) is 16.9 Å². The fraction of sp³-hybridized carbons (Fsp3) is 0.219. The molecule has 0 radical (unpaired) electrons. The van der Waals surface area contributed by atoms with Crippen LogP contribution in [0.25, 0.3) is 0 Å². The molecule has 1 fully saturated rings. The lowest BCUT2D eigenvalue weighted by molar-refractivity contribution is -0.135. The fourth-order valence-electron chi connectivity index (χ4n) is 6.42. The molecule has 3 amide bonds. The number of hydrogen-bond donors (Lipinski definition) is 3. The van der Waals surface area contributed by atoms with E-state index >= 15 is 0 Å². The molecule has 4 atom stereocenters. The van der Waals surface area contributed by atoms with Gasteiger partial charge in [0, 0.05) is 45.4 Å². The Balaban J connectivity index is 1.50. The molecule has 2 aliphatic heterocycles. The van der Waals surface area contributed by atoms with Gasteiger partial charge in [-0.15, -0.1) is 0 Å². The number of anilines is 2. The van der Waals surface area contributed by atoms with Crippen LogP contribution in [0.5, 0.6) is 11.5 Å². The van der Waals surface area contributed by atoms with Crippen molar-refractivity contribution in [3.63, 3.8) is 0 Å². The molecule has 3 aliphatic rings. The predicted octanol–water partition coefficient (Wildman–Crippen LogP) is 7.51. The maximum absolute atomic E-state index is 14.3. The van der Waals surface area contributed by atoms with Crippen molar-refractivity contribution < 1.29 is 19.1 Å². The summed E-state index contributed by atoms with van der Waals surface area (Å²) in [4.78, 5) is 39.2. The molecule has 3 aromatic rings. The smallest absolute Gasteiger partial charge is 0.237 e. The van der Waals surface area contributed by atoms with Crippen LogP contribution in [0.4, 0.5) is 11.4 Å². The number of carbonyl (C=O) groups excluding carboxylic acids is 3. The second-order valence-corrected chi connectivity index (χ2v) is 12.0. The van der Waals surface area contributed by atoms with Gasteiger partial charge in [-0.2, -0.15) is 0 Å². The molecular weight excluding hydrogens is 597 g/mol. The molecule has 1 unspecified atom stereocenters. The van der Waals surface area contributed by atoms with E-state index in [1.165, 1.54) is 6.92 Å². The lowest BCUT2D eigenvalue weighted by Gasteiger charge is -2.49. The number of ether oxygens (including phenoxy) is 1. The molecule has 1 spiro atoms. The number of fused-ring (bicyclic) bond motifs is 2. The number of halogens is 3. The van der Waals surface area contributed by atoms with Crippen molar-refractivity contribution in [1.29, 1.82) is 0 Å². The molecule has 214 valence electrons. The van der Waals surface area contributed by atoms with E-state index in [1.54, 1.807) is 54.6 Å². The summed E-state index contributed by atoms with van der Waals surface area (Å²) in [7, 11) is 0. The summed E-state index contributed by atoms with van der Waals surface area (Å²) >= 11 is 19.4. The van der Waals surface area contributed by atoms with Crippen molar-refractivity contribution in [2.24, 2.45) is 11.8 Å². The number of hydrogen-bond acceptors (Lipinski definition) is 4. The van der Waals surface area contributed by atoms with Crippen LogP contribution < -0.4 is 20.7 Å². The number of benzene rings is 3. The van der Waals surface area contributed by atoms with Gasteiger partial charge < -0.3 is 20.7 Å². The van der Waals surface area contributed by atoms with Crippen molar-refractivity contribution in [2.75, 3.05) is 10.6 Å². The zero-order valence-electron chi connectivity index (χ0n) is 22.4. The third kappa shape index (κ3) is 5.06.